The van der Waals surface area contributed by atoms with Gasteiger partial charge in [-0.25, -0.2) is 9.79 Å². The van der Waals surface area contributed by atoms with Crippen LogP contribution in [0.5, 0.6) is 5.75 Å². The van der Waals surface area contributed by atoms with Gasteiger partial charge in [-0.05, 0) is 42.8 Å². The molecule has 0 aliphatic carbocycles. The van der Waals surface area contributed by atoms with E-state index in [9.17, 15) is 18.0 Å². The number of rotatable bonds is 2. The average molecular weight is 369 g/mol. The Labute approximate surface area is 146 Å². The van der Waals surface area contributed by atoms with Crippen LogP contribution in [-0.4, -0.2) is 18.4 Å². The van der Waals surface area contributed by atoms with Crippen molar-refractivity contribution < 1.29 is 22.7 Å². The normalized spacial score (nSPS) is 19.8. The van der Waals surface area contributed by atoms with E-state index in [1.54, 1.807) is 19.1 Å². The summed E-state index contributed by atoms with van der Waals surface area (Å²) in [5.41, 5.74) is -2.65. The third kappa shape index (κ3) is 3.19. The monoisotopic (exact) mass is 368 g/mol. The molecule has 0 unspecified atom stereocenters. The van der Waals surface area contributed by atoms with Crippen LogP contribution < -0.4 is 10.1 Å². The lowest BCUT2D eigenvalue weighted by atomic mass is 9.92. The third-order valence-electron chi connectivity index (χ3n) is 3.68. The fourth-order valence-corrected chi connectivity index (χ4v) is 2.70. The molecule has 1 N–H and O–H groups in total. The quantitative estimate of drug-likeness (QED) is 0.801. The number of hydrogen-bond acceptors (Lipinski definition) is 2. The molecule has 4 nitrogen and oxygen atoms in total. The topological polar surface area (TPSA) is 50.7 Å². The maximum atomic E-state index is 14.1. The highest BCUT2D eigenvalue weighted by molar-refractivity contribution is 6.30. The minimum Gasteiger partial charge on any atom is -0.467 e. The molecule has 25 heavy (non-hydrogen) atoms. The Bertz CT molecular complexity index is 867. The molecule has 0 radical (unpaired) electrons. The molecule has 0 bridgehead atoms. The van der Waals surface area contributed by atoms with E-state index in [0.717, 1.165) is 11.6 Å². The van der Waals surface area contributed by atoms with Crippen LogP contribution in [0.25, 0.3) is 0 Å². The number of alkyl halides is 3. The van der Waals surface area contributed by atoms with Gasteiger partial charge in [0.15, 0.2) is 0 Å². The first-order chi connectivity index (χ1) is 11.7. The molecule has 1 atom stereocenters. The van der Waals surface area contributed by atoms with Gasteiger partial charge in [0.25, 0.3) is 5.60 Å². The van der Waals surface area contributed by atoms with E-state index in [1.165, 1.54) is 24.3 Å². The number of aliphatic imine (C=N–C) groups is 1. The first-order valence-corrected chi connectivity index (χ1v) is 7.58. The number of amides is 2. The van der Waals surface area contributed by atoms with Gasteiger partial charge in [-0.2, -0.15) is 13.2 Å². The summed E-state index contributed by atoms with van der Waals surface area (Å²) in [6, 6.07) is 9.00. The number of aryl methyl sites for hydroxylation is 1. The van der Waals surface area contributed by atoms with Crippen molar-refractivity contribution >= 4 is 29.5 Å². The van der Waals surface area contributed by atoms with E-state index in [4.69, 9.17) is 16.3 Å². The Hall–Kier alpha value is -2.54. The average Bonchev–Trinajstić information content (AvgIpc) is 2.65. The summed E-state index contributed by atoms with van der Waals surface area (Å²) in [7, 11) is 0. The van der Waals surface area contributed by atoms with E-state index in [0.29, 0.717) is 6.21 Å². The van der Waals surface area contributed by atoms with Crippen molar-refractivity contribution in [2.45, 2.75) is 18.7 Å². The van der Waals surface area contributed by atoms with Gasteiger partial charge in [0.2, 0.25) is 0 Å². The minimum atomic E-state index is -4.90. The second-order valence-corrected chi connectivity index (χ2v) is 5.97. The number of carbonyl (C=O) groups is 1. The van der Waals surface area contributed by atoms with E-state index in [1.807, 2.05) is 0 Å². The number of hydrogen-bond donors (Lipinski definition) is 1. The number of anilines is 1. The molecule has 8 heteroatoms. The Balaban J connectivity index is 2.26. The number of ether oxygens (including phenoxy) is 1. The number of urea groups is 1. The molecular formula is C17H12ClF3N2O2. The molecule has 0 aromatic heterocycles. The summed E-state index contributed by atoms with van der Waals surface area (Å²) in [5.74, 6) is -0.0101. The maximum absolute atomic E-state index is 14.1. The van der Waals surface area contributed by atoms with Crippen molar-refractivity contribution in [3.8, 4) is 5.75 Å². The molecule has 130 valence electrons. The van der Waals surface area contributed by atoms with E-state index >= 15 is 0 Å². The number of carbonyl (C=O) groups excluding carboxylic acids is 1. The van der Waals surface area contributed by atoms with Crippen LogP contribution >= 0.6 is 11.6 Å². The Morgan fingerprint density at radius 3 is 2.64 bits per heavy atom. The largest absolute Gasteiger partial charge is 0.467 e. The highest BCUT2D eigenvalue weighted by Gasteiger charge is 2.60. The molecule has 0 spiro atoms. The minimum absolute atomic E-state index is 0.0101. The first kappa shape index (κ1) is 17.3. The van der Waals surface area contributed by atoms with Gasteiger partial charge in [-0.1, -0.05) is 23.7 Å². The van der Waals surface area contributed by atoms with Gasteiger partial charge in [-0.3, -0.25) is 0 Å². The molecule has 3 rings (SSSR count). The van der Waals surface area contributed by atoms with Crippen LogP contribution in [-0.2, 0) is 5.60 Å². The smallest absolute Gasteiger partial charge is 0.438 e. The standard InChI is InChI=1S/C17H12ClF3N2O2/c1-10-3-2-4-12(7-10)25-16(17(19,20)21)9-22-15(24)23-14-6-5-11(18)8-13(14)16/h2-9H,1H3,(H,23,24)/t16-/m1/s1. The zero-order valence-corrected chi connectivity index (χ0v) is 13.7. The van der Waals surface area contributed by atoms with Crippen LogP contribution in [0.2, 0.25) is 5.02 Å². The van der Waals surface area contributed by atoms with Gasteiger partial charge in [0.05, 0.1) is 11.9 Å². The second-order valence-electron chi connectivity index (χ2n) is 5.53. The molecule has 1 aliphatic rings. The first-order valence-electron chi connectivity index (χ1n) is 7.20. The van der Waals surface area contributed by atoms with Crippen molar-refractivity contribution in [3.63, 3.8) is 0 Å². The van der Waals surface area contributed by atoms with Crippen LogP contribution in [0, 0.1) is 6.92 Å². The van der Waals surface area contributed by atoms with Crippen LogP contribution in [0.4, 0.5) is 23.7 Å². The van der Waals surface area contributed by atoms with Crippen molar-refractivity contribution in [2.24, 2.45) is 4.99 Å². The van der Waals surface area contributed by atoms with E-state index < -0.39 is 17.8 Å². The molecule has 2 amide bonds. The van der Waals surface area contributed by atoms with Crippen molar-refractivity contribution in [1.82, 2.24) is 0 Å². The molecule has 1 heterocycles. The third-order valence-corrected chi connectivity index (χ3v) is 3.91. The highest BCUT2D eigenvalue weighted by Crippen LogP contribution is 2.46. The molecule has 0 saturated heterocycles. The molecule has 2 aromatic rings. The van der Waals surface area contributed by atoms with Crippen LogP contribution in [0.3, 0.4) is 0 Å². The van der Waals surface area contributed by atoms with Crippen molar-refractivity contribution in [2.75, 3.05) is 5.32 Å². The van der Waals surface area contributed by atoms with E-state index in [2.05, 4.69) is 10.3 Å². The Kier molecular flexibility index (Phi) is 4.20. The summed E-state index contributed by atoms with van der Waals surface area (Å²) in [6.45, 7) is 1.73. The zero-order chi connectivity index (χ0) is 18.2. The lowest BCUT2D eigenvalue weighted by Crippen LogP contribution is -2.49. The van der Waals surface area contributed by atoms with Crippen LogP contribution in [0.1, 0.15) is 11.1 Å². The number of fused-ring (bicyclic) bond motifs is 1. The fraction of sp³-hybridized carbons (Fsp3) is 0.176. The number of nitrogens with one attached hydrogen (secondary N) is 1. The summed E-state index contributed by atoms with van der Waals surface area (Å²) in [4.78, 5) is 15.0. The molecule has 2 aromatic carbocycles. The molecule has 1 aliphatic heterocycles. The predicted molar refractivity (Wildman–Crippen MR) is 88.5 cm³/mol. The lowest BCUT2D eigenvalue weighted by Gasteiger charge is -2.33. The molecular weight excluding hydrogens is 357 g/mol. The Morgan fingerprint density at radius 1 is 1.20 bits per heavy atom. The van der Waals surface area contributed by atoms with E-state index in [-0.39, 0.29) is 22.0 Å². The Morgan fingerprint density at radius 2 is 1.96 bits per heavy atom. The second kappa shape index (κ2) is 6.07. The fourth-order valence-electron chi connectivity index (χ4n) is 2.53. The van der Waals surface area contributed by atoms with Crippen molar-refractivity contribution in [1.29, 1.82) is 0 Å². The van der Waals surface area contributed by atoms with Crippen LogP contribution in [0.15, 0.2) is 47.5 Å². The maximum Gasteiger partial charge on any atom is 0.438 e. The molecule has 0 fully saturated rings. The van der Waals surface area contributed by atoms with Gasteiger partial charge in [0.1, 0.15) is 5.75 Å². The summed E-state index contributed by atoms with van der Waals surface area (Å²) in [5, 5.41) is 2.37. The van der Waals surface area contributed by atoms with Gasteiger partial charge in [0, 0.05) is 10.6 Å². The molecule has 0 saturated carbocycles. The summed E-state index contributed by atoms with van der Waals surface area (Å²) >= 11 is 5.89. The SMILES string of the molecule is Cc1cccc(O[C@]2(C(F)(F)F)C=NC(=O)Nc3ccc(Cl)cc32)c1. The number of nitrogens with zero attached hydrogens (tertiary/aromatic N) is 1. The summed E-state index contributed by atoms with van der Waals surface area (Å²) in [6.07, 6.45) is -4.43. The number of halogens is 4. The van der Waals surface area contributed by atoms with Gasteiger partial charge in [-0.15, -0.1) is 0 Å². The highest BCUT2D eigenvalue weighted by atomic mass is 35.5. The number of benzene rings is 2. The van der Waals surface area contributed by atoms with Crippen molar-refractivity contribution in [3.05, 3.63) is 58.6 Å². The van der Waals surface area contributed by atoms with Gasteiger partial charge >= 0.3 is 12.2 Å². The van der Waals surface area contributed by atoms with Gasteiger partial charge < -0.3 is 10.1 Å². The predicted octanol–water partition coefficient (Wildman–Crippen LogP) is 5.10. The zero-order valence-electron chi connectivity index (χ0n) is 12.9. The lowest BCUT2D eigenvalue weighted by molar-refractivity contribution is -0.223. The summed E-state index contributed by atoms with van der Waals surface area (Å²) < 4.78 is 47.7.